The molecule has 1 unspecified atom stereocenters. The molecule has 6 heteroatoms. The van der Waals surface area contributed by atoms with Crippen molar-refractivity contribution < 1.29 is 13.2 Å². The Morgan fingerprint density at radius 1 is 0.893 bits per heavy atom. The van der Waals surface area contributed by atoms with Crippen molar-refractivity contribution in [3.05, 3.63) is 83.9 Å². The lowest BCUT2D eigenvalue weighted by molar-refractivity contribution is -0.137. The number of anilines is 4. The fourth-order valence-electron chi connectivity index (χ4n) is 3.57. The van der Waals surface area contributed by atoms with Gasteiger partial charge >= 0.3 is 6.18 Å². The molecule has 3 aromatic carbocycles. The first-order valence-corrected chi connectivity index (χ1v) is 9.06. The quantitative estimate of drug-likeness (QED) is 0.630. The van der Waals surface area contributed by atoms with E-state index in [1.54, 1.807) is 0 Å². The van der Waals surface area contributed by atoms with Crippen molar-refractivity contribution in [2.75, 3.05) is 16.8 Å². The van der Waals surface area contributed by atoms with Crippen molar-refractivity contribution in [1.82, 2.24) is 0 Å². The molecule has 1 aliphatic rings. The maximum atomic E-state index is 12.9. The third kappa shape index (κ3) is 3.68. The maximum Gasteiger partial charge on any atom is 0.416 e. The summed E-state index contributed by atoms with van der Waals surface area (Å²) in [5, 5.41) is 3.42. The summed E-state index contributed by atoms with van der Waals surface area (Å²) in [4.78, 5) is 1.99. The zero-order valence-corrected chi connectivity index (χ0v) is 15.1. The van der Waals surface area contributed by atoms with Crippen LogP contribution in [0.1, 0.15) is 11.1 Å². The molecule has 3 nitrogen and oxygen atoms in total. The minimum atomic E-state index is -4.35. The van der Waals surface area contributed by atoms with E-state index in [0.717, 1.165) is 34.8 Å². The smallest absolute Gasteiger partial charge is 0.355 e. The van der Waals surface area contributed by atoms with E-state index in [0.29, 0.717) is 18.7 Å². The van der Waals surface area contributed by atoms with Gasteiger partial charge < -0.3 is 16.0 Å². The van der Waals surface area contributed by atoms with Gasteiger partial charge in [0.05, 0.1) is 5.56 Å². The number of para-hydroxylation sites is 1. The number of nitrogens with two attached hydrogens (primary N) is 1. The van der Waals surface area contributed by atoms with E-state index in [1.165, 1.54) is 12.1 Å². The van der Waals surface area contributed by atoms with Crippen LogP contribution in [0.2, 0.25) is 0 Å². The van der Waals surface area contributed by atoms with Crippen LogP contribution in [0.15, 0.2) is 72.8 Å². The van der Waals surface area contributed by atoms with Crippen LogP contribution in [0, 0.1) is 0 Å². The number of benzene rings is 3. The second-order valence-corrected chi connectivity index (χ2v) is 6.91. The van der Waals surface area contributed by atoms with Gasteiger partial charge in [-0.15, -0.1) is 0 Å². The van der Waals surface area contributed by atoms with Gasteiger partial charge in [0.25, 0.3) is 0 Å². The Morgan fingerprint density at radius 2 is 1.61 bits per heavy atom. The summed E-state index contributed by atoms with van der Waals surface area (Å²) in [6, 6.07) is 20.9. The Balaban J connectivity index is 1.70. The van der Waals surface area contributed by atoms with E-state index in [4.69, 9.17) is 5.73 Å². The summed E-state index contributed by atoms with van der Waals surface area (Å²) in [5.74, 6) is 0. The van der Waals surface area contributed by atoms with E-state index >= 15 is 0 Å². The maximum absolute atomic E-state index is 12.9. The first-order valence-electron chi connectivity index (χ1n) is 9.06. The van der Waals surface area contributed by atoms with Gasteiger partial charge in [-0.3, -0.25) is 0 Å². The highest BCUT2D eigenvalue weighted by atomic mass is 19.4. The molecular weight excluding hydrogens is 363 g/mol. The molecule has 1 heterocycles. The summed E-state index contributed by atoms with van der Waals surface area (Å²) in [5.41, 5.74) is 10.3. The van der Waals surface area contributed by atoms with Crippen molar-refractivity contribution in [1.29, 1.82) is 0 Å². The topological polar surface area (TPSA) is 41.3 Å². The normalized spacial score (nSPS) is 16.6. The summed E-state index contributed by atoms with van der Waals surface area (Å²) in [6.07, 6.45) is -3.65. The molecule has 0 bridgehead atoms. The molecule has 0 aromatic heterocycles. The molecule has 0 fully saturated rings. The van der Waals surface area contributed by atoms with E-state index in [2.05, 4.69) is 5.32 Å². The predicted molar refractivity (Wildman–Crippen MR) is 106 cm³/mol. The predicted octanol–water partition coefficient (Wildman–Crippen LogP) is 5.47. The van der Waals surface area contributed by atoms with Crippen molar-refractivity contribution in [2.45, 2.75) is 18.6 Å². The average Bonchev–Trinajstić information content (AvgIpc) is 2.68. The van der Waals surface area contributed by atoms with Gasteiger partial charge in [0, 0.05) is 40.9 Å². The third-order valence-corrected chi connectivity index (χ3v) is 4.88. The van der Waals surface area contributed by atoms with Crippen LogP contribution >= 0.6 is 0 Å². The highest BCUT2D eigenvalue weighted by Crippen LogP contribution is 2.39. The van der Waals surface area contributed by atoms with Crippen LogP contribution in [0.3, 0.4) is 0 Å². The number of alkyl halides is 3. The largest absolute Gasteiger partial charge is 0.416 e. The number of nitrogens with one attached hydrogen (secondary N) is 1. The number of halogens is 3. The van der Waals surface area contributed by atoms with Crippen molar-refractivity contribution in [3.8, 4) is 0 Å². The van der Waals surface area contributed by atoms with Gasteiger partial charge in [0.1, 0.15) is 0 Å². The first-order chi connectivity index (χ1) is 13.4. The third-order valence-electron chi connectivity index (χ3n) is 4.88. The van der Waals surface area contributed by atoms with Crippen LogP contribution < -0.4 is 16.0 Å². The molecule has 1 atom stereocenters. The molecule has 0 spiro atoms. The van der Waals surface area contributed by atoms with Crippen LogP contribution in [0.25, 0.3) is 0 Å². The van der Waals surface area contributed by atoms with Gasteiger partial charge in [-0.25, -0.2) is 0 Å². The summed E-state index contributed by atoms with van der Waals surface area (Å²) in [7, 11) is 0. The highest BCUT2D eigenvalue weighted by molar-refractivity contribution is 5.77. The van der Waals surface area contributed by atoms with Gasteiger partial charge in [0.15, 0.2) is 0 Å². The number of hydrogen-bond donors (Lipinski definition) is 2. The van der Waals surface area contributed by atoms with Crippen molar-refractivity contribution >= 4 is 22.7 Å². The zero-order chi connectivity index (χ0) is 19.7. The molecule has 4 rings (SSSR count). The highest BCUT2D eigenvalue weighted by Gasteiger charge is 2.31. The standard InChI is InChI=1S/C22H20F3N3/c23-22(24,25)15-9-11-18(12-10-15)28-14-16(26)13-19-20(7-4-8-21(19)28)27-17-5-2-1-3-6-17/h1-12,16,27H,13-14,26H2. The fourth-order valence-corrected chi connectivity index (χ4v) is 3.57. The van der Waals surface area contributed by atoms with E-state index in [-0.39, 0.29) is 6.04 Å². The summed E-state index contributed by atoms with van der Waals surface area (Å²) in [6.45, 7) is 0.549. The zero-order valence-electron chi connectivity index (χ0n) is 15.1. The Morgan fingerprint density at radius 3 is 2.29 bits per heavy atom. The lowest BCUT2D eigenvalue weighted by Gasteiger charge is -2.36. The average molecular weight is 383 g/mol. The molecule has 144 valence electrons. The van der Waals surface area contributed by atoms with Gasteiger partial charge in [-0.1, -0.05) is 24.3 Å². The Hall–Kier alpha value is -2.99. The van der Waals surface area contributed by atoms with Gasteiger partial charge in [0.2, 0.25) is 0 Å². The molecule has 0 saturated heterocycles. The Labute approximate surface area is 161 Å². The summed E-state index contributed by atoms with van der Waals surface area (Å²) < 4.78 is 38.6. The Bertz CT molecular complexity index is 953. The lowest BCUT2D eigenvalue weighted by atomic mass is 9.95. The molecule has 0 amide bonds. The lowest BCUT2D eigenvalue weighted by Crippen LogP contribution is -2.41. The SMILES string of the molecule is NC1Cc2c(Nc3ccccc3)cccc2N(c2ccc(C(F)(F)F)cc2)C1. The van der Waals surface area contributed by atoms with Gasteiger partial charge in [-0.05, 0) is 55.0 Å². The number of nitrogens with zero attached hydrogens (tertiary/aromatic N) is 1. The van der Waals surface area contributed by atoms with E-state index in [1.807, 2.05) is 53.4 Å². The molecule has 0 aliphatic carbocycles. The molecule has 0 saturated carbocycles. The summed E-state index contributed by atoms with van der Waals surface area (Å²) >= 11 is 0. The number of rotatable bonds is 3. The van der Waals surface area contributed by atoms with E-state index < -0.39 is 11.7 Å². The number of hydrogen-bond acceptors (Lipinski definition) is 3. The molecule has 28 heavy (non-hydrogen) atoms. The second kappa shape index (κ2) is 7.20. The molecule has 1 aliphatic heterocycles. The van der Waals surface area contributed by atoms with Crippen LogP contribution in [0.4, 0.5) is 35.9 Å². The fraction of sp³-hybridized carbons (Fsp3) is 0.182. The minimum Gasteiger partial charge on any atom is -0.355 e. The van der Waals surface area contributed by atoms with Gasteiger partial charge in [-0.2, -0.15) is 13.2 Å². The van der Waals surface area contributed by atoms with Crippen LogP contribution in [-0.2, 0) is 12.6 Å². The van der Waals surface area contributed by atoms with E-state index in [9.17, 15) is 13.2 Å². The van der Waals surface area contributed by atoms with Crippen LogP contribution in [-0.4, -0.2) is 12.6 Å². The van der Waals surface area contributed by atoms with Crippen molar-refractivity contribution in [2.24, 2.45) is 5.73 Å². The van der Waals surface area contributed by atoms with Crippen molar-refractivity contribution in [3.63, 3.8) is 0 Å². The first kappa shape index (κ1) is 18.4. The van der Waals surface area contributed by atoms with Crippen LogP contribution in [0.5, 0.6) is 0 Å². The molecule has 3 N–H and O–H groups in total. The Kier molecular flexibility index (Phi) is 4.73. The molecular formula is C22H20F3N3. The number of fused-ring (bicyclic) bond motifs is 1. The second-order valence-electron chi connectivity index (χ2n) is 6.91. The molecule has 0 radical (unpaired) electrons. The molecule has 3 aromatic rings. The monoisotopic (exact) mass is 383 g/mol. The minimum absolute atomic E-state index is 0.117.